The van der Waals surface area contributed by atoms with E-state index < -0.39 is 0 Å². The van der Waals surface area contributed by atoms with Gasteiger partial charge in [-0.25, -0.2) is 4.98 Å². The minimum Gasteiger partial charge on any atom is -0.451 e. The molecule has 7 heteroatoms. The summed E-state index contributed by atoms with van der Waals surface area (Å²) in [5.74, 6) is 0.0314. The van der Waals surface area contributed by atoms with E-state index in [4.69, 9.17) is 16.0 Å². The van der Waals surface area contributed by atoms with E-state index in [-0.39, 0.29) is 5.91 Å². The number of carbonyl (C=O) groups is 1. The van der Waals surface area contributed by atoms with Crippen LogP contribution in [0.15, 0.2) is 22.6 Å². The zero-order chi connectivity index (χ0) is 17.6. The predicted molar refractivity (Wildman–Crippen MR) is 101 cm³/mol. The van der Waals surface area contributed by atoms with E-state index in [9.17, 15) is 4.79 Å². The van der Waals surface area contributed by atoms with Gasteiger partial charge in [0.1, 0.15) is 5.58 Å². The van der Waals surface area contributed by atoms with E-state index in [1.165, 1.54) is 4.88 Å². The predicted octanol–water partition coefficient (Wildman–Crippen LogP) is 4.48. The molecule has 0 spiro atoms. The maximum Gasteiger partial charge on any atom is 0.293 e. The number of halogens is 1. The number of nitrogens with zero attached hydrogens (tertiary/aromatic N) is 2. The zero-order valence-electron chi connectivity index (χ0n) is 14.1. The molecule has 25 heavy (non-hydrogen) atoms. The number of rotatable bonds is 3. The van der Waals surface area contributed by atoms with Gasteiger partial charge in [0.05, 0.1) is 5.69 Å². The van der Waals surface area contributed by atoms with Gasteiger partial charge in [-0.05, 0) is 31.7 Å². The molecule has 1 aromatic carbocycles. The number of anilines is 1. The van der Waals surface area contributed by atoms with E-state index in [1.807, 2.05) is 13.0 Å². The lowest BCUT2D eigenvalue weighted by Gasteiger charge is -2.23. The fourth-order valence-electron chi connectivity index (χ4n) is 3.14. The van der Waals surface area contributed by atoms with E-state index >= 15 is 0 Å². The Labute approximate surface area is 154 Å². The number of carbonyl (C=O) groups excluding carboxylic acids is 1. The SMILES string of the molecule is CCN1CCc2nc(NC(=O)c3oc4ccc(Cl)cc4c3C)sc2C1. The molecule has 0 atom stereocenters. The Morgan fingerprint density at radius 1 is 1.48 bits per heavy atom. The third-order valence-electron chi connectivity index (χ3n) is 4.58. The van der Waals surface area contributed by atoms with Crippen LogP contribution in [0, 0.1) is 6.92 Å². The quantitative estimate of drug-likeness (QED) is 0.733. The van der Waals surface area contributed by atoms with Crippen LogP contribution < -0.4 is 5.32 Å². The number of benzene rings is 1. The third kappa shape index (κ3) is 3.05. The van der Waals surface area contributed by atoms with Crippen molar-refractivity contribution in [3.05, 3.63) is 45.1 Å². The van der Waals surface area contributed by atoms with Crippen molar-refractivity contribution in [2.75, 3.05) is 18.4 Å². The van der Waals surface area contributed by atoms with Gasteiger partial charge < -0.3 is 4.42 Å². The standard InChI is InChI=1S/C18H18ClN3O2S/c1-3-22-7-6-13-15(9-22)25-18(20-13)21-17(23)16-10(2)12-8-11(19)4-5-14(12)24-16/h4-5,8H,3,6-7,9H2,1-2H3,(H,20,21,23). The lowest BCUT2D eigenvalue weighted by molar-refractivity contribution is 0.0998. The number of thiazole rings is 1. The summed E-state index contributed by atoms with van der Waals surface area (Å²) in [4.78, 5) is 20.8. The molecule has 0 bridgehead atoms. The molecular formula is C18H18ClN3O2S. The maximum atomic E-state index is 12.6. The smallest absolute Gasteiger partial charge is 0.293 e. The van der Waals surface area contributed by atoms with Gasteiger partial charge in [-0.1, -0.05) is 18.5 Å². The normalized spacial score (nSPS) is 14.7. The highest BCUT2D eigenvalue weighted by atomic mass is 35.5. The molecule has 1 aliphatic rings. The van der Waals surface area contributed by atoms with Crippen LogP contribution in [0.25, 0.3) is 11.0 Å². The summed E-state index contributed by atoms with van der Waals surface area (Å²) in [7, 11) is 0. The first-order valence-corrected chi connectivity index (χ1v) is 9.45. The number of amides is 1. The molecule has 4 rings (SSSR count). The molecule has 3 aromatic rings. The van der Waals surface area contributed by atoms with Crippen LogP contribution in [0.2, 0.25) is 5.02 Å². The van der Waals surface area contributed by atoms with Crippen LogP contribution in [-0.2, 0) is 13.0 Å². The number of hydrogen-bond acceptors (Lipinski definition) is 5. The average molecular weight is 376 g/mol. The van der Waals surface area contributed by atoms with E-state index in [2.05, 4.69) is 22.1 Å². The second-order valence-corrected chi connectivity index (χ2v) is 7.68. The summed E-state index contributed by atoms with van der Waals surface area (Å²) in [5.41, 5.74) is 2.54. The molecule has 0 radical (unpaired) electrons. The molecule has 130 valence electrons. The van der Waals surface area contributed by atoms with Crippen molar-refractivity contribution in [3.63, 3.8) is 0 Å². The Morgan fingerprint density at radius 3 is 3.12 bits per heavy atom. The van der Waals surface area contributed by atoms with Crippen LogP contribution in [0.4, 0.5) is 5.13 Å². The Kier molecular flexibility index (Phi) is 4.27. The molecule has 0 unspecified atom stereocenters. The number of furan rings is 1. The van der Waals surface area contributed by atoms with E-state index in [0.717, 1.165) is 42.7 Å². The first-order valence-electron chi connectivity index (χ1n) is 8.26. The van der Waals surface area contributed by atoms with Crippen LogP contribution in [0.3, 0.4) is 0 Å². The maximum absolute atomic E-state index is 12.6. The third-order valence-corrected chi connectivity index (χ3v) is 5.82. The number of hydrogen-bond donors (Lipinski definition) is 1. The Morgan fingerprint density at radius 2 is 2.32 bits per heavy atom. The molecule has 3 heterocycles. The summed E-state index contributed by atoms with van der Waals surface area (Å²) in [5, 5.41) is 5.00. The molecule has 1 aliphatic heterocycles. The Balaban J connectivity index is 1.59. The van der Waals surface area contributed by atoms with Crippen LogP contribution in [-0.4, -0.2) is 28.9 Å². The highest BCUT2D eigenvalue weighted by Gasteiger charge is 2.23. The van der Waals surface area contributed by atoms with Gasteiger partial charge in [0.15, 0.2) is 10.9 Å². The molecule has 0 saturated heterocycles. The van der Waals surface area contributed by atoms with Gasteiger partial charge in [0.2, 0.25) is 0 Å². The van der Waals surface area contributed by atoms with Crippen molar-refractivity contribution < 1.29 is 9.21 Å². The number of nitrogens with one attached hydrogen (secondary N) is 1. The van der Waals surface area contributed by atoms with Crippen molar-refractivity contribution in [1.82, 2.24) is 9.88 Å². The average Bonchev–Trinajstić information content (AvgIpc) is 3.14. The van der Waals surface area contributed by atoms with Gasteiger partial charge in [-0.2, -0.15) is 0 Å². The topological polar surface area (TPSA) is 58.4 Å². The fourth-order valence-corrected chi connectivity index (χ4v) is 4.35. The monoisotopic (exact) mass is 375 g/mol. The largest absolute Gasteiger partial charge is 0.451 e. The molecule has 2 aromatic heterocycles. The van der Waals surface area contributed by atoms with Gasteiger partial charge in [0.25, 0.3) is 5.91 Å². The molecule has 5 nitrogen and oxygen atoms in total. The molecule has 0 saturated carbocycles. The van der Waals surface area contributed by atoms with Crippen molar-refractivity contribution in [1.29, 1.82) is 0 Å². The van der Waals surface area contributed by atoms with Crippen LogP contribution >= 0.6 is 22.9 Å². The summed E-state index contributed by atoms with van der Waals surface area (Å²) >= 11 is 7.58. The zero-order valence-corrected chi connectivity index (χ0v) is 15.6. The minimum absolute atomic E-state index is 0.275. The first kappa shape index (κ1) is 16.6. The summed E-state index contributed by atoms with van der Waals surface area (Å²) in [6.45, 7) is 6.97. The lowest BCUT2D eigenvalue weighted by atomic mass is 10.1. The van der Waals surface area contributed by atoms with Gasteiger partial charge in [-0.3, -0.25) is 15.0 Å². The van der Waals surface area contributed by atoms with E-state index in [1.54, 1.807) is 23.5 Å². The lowest BCUT2D eigenvalue weighted by Crippen LogP contribution is -2.29. The summed E-state index contributed by atoms with van der Waals surface area (Å²) in [6.07, 6.45) is 0.928. The van der Waals surface area contributed by atoms with Gasteiger partial charge >= 0.3 is 0 Å². The minimum atomic E-state index is -0.275. The van der Waals surface area contributed by atoms with Crippen molar-refractivity contribution in [3.8, 4) is 0 Å². The molecule has 0 aliphatic carbocycles. The number of fused-ring (bicyclic) bond motifs is 2. The molecule has 1 amide bonds. The highest BCUT2D eigenvalue weighted by molar-refractivity contribution is 7.15. The Bertz CT molecular complexity index is 963. The first-order chi connectivity index (χ1) is 12.0. The molecule has 1 N–H and O–H groups in total. The fraction of sp³-hybridized carbons (Fsp3) is 0.333. The van der Waals surface area contributed by atoms with Gasteiger partial charge in [-0.15, -0.1) is 11.3 Å². The van der Waals surface area contributed by atoms with E-state index in [0.29, 0.717) is 21.5 Å². The second kappa shape index (κ2) is 6.44. The van der Waals surface area contributed by atoms with Gasteiger partial charge in [0, 0.05) is 40.4 Å². The van der Waals surface area contributed by atoms with Crippen molar-refractivity contribution >= 4 is 44.9 Å². The Hall–Kier alpha value is -1.89. The van der Waals surface area contributed by atoms with Crippen LogP contribution in [0.1, 0.15) is 33.6 Å². The second-order valence-electron chi connectivity index (χ2n) is 6.16. The van der Waals surface area contributed by atoms with Crippen molar-refractivity contribution in [2.24, 2.45) is 0 Å². The van der Waals surface area contributed by atoms with Crippen LogP contribution in [0.5, 0.6) is 0 Å². The number of aromatic nitrogens is 1. The molecular weight excluding hydrogens is 358 g/mol. The highest BCUT2D eigenvalue weighted by Crippen LogP contribution is 2.31. The molecule has 0 fully saturated rings. The van der Waals surface area contributed by atoms with Crippen molar-refractivity contribution in [2.45, 2.75) is 26.8 Å². The summed E-state index contributed by atoms with van der Waals surface area (Å²) < 4.78 is 5.72. The number of aryl methyl sites for hydroxylation is 1. The number of likely N-dealkylation sites (N-methyl/N-ethyl adjacent to an activating group) is 1. The summed E-state index contributed by atoms with van der Waals surface area (Å²) in [6, 6.07) is 5.35.